The van der Waals surface area contributed by atoms with Gasteiger partial charge in [-0.15, -0.1) is 0 Å². The molecule has 23 heavy (non-hydrogen) atoms. The second-order valence-corrected chi connectivity index (χ2v) is 9.78. The van der Waals surface area contributed by atoms with Crippen molar-refractivity contribution in [1.82, 2.24) is 4.72 Å². The van der Waals surface area contributed by atoms with Crippen LogP contribution in [0, 0.1) is 0 Å². The second kappa shape index (κ2) is 8.04. The summed E-state index contributed by atoms with van der Waals surface area (Å²) in [7, 11) is -3.55. The lowest BCUT2D eigenvalue weighted by atomic mass is 9.89. The van der Waals surface area contributed by atoms with Gasteiger partial charge in [-0.3, -0.25) is 0 Å². The summed E-state index contributed by atoms with van der Waals surface area (Å²) in [6, 6.07) is 4.11. The molecule has 0 heterocycles. The highest BCUT2D eigenvalue weighted by Crippen LogP contribution is 2.34. The third kappa shape index (κ3) is 5.23. The molecule has 0 spiro atoms. The van der Waals surface area contributed by atoms with Crippen molar-refractivity contribution >= 4 is 22.7 Å². The van der Waals surface area contributed by atoms with Crippen LogP contribution in [0.2, 0.25) is 0 Å². The van der Waals surface area contributed by atoms with E-state index in [2.05, 4.69) is 43.3 Å². The van der Waals surface area contributed by atoms with E-state index in [1.807, 2.05) is 34.6 Å². The SMILES string of the molecule is CC(S)CNS(=O)(=O)c1c(C(C)C)cc(C(C)C)cc1C(C)C. The van der Waals surface area contributed by atoms with Gasteiger partial charge in [-0.1, -0.05) is 60.6 Å². The first kappa shape index (κ1) is 20.5. The monoisotopic (exact) mass is 357 g/mol. The van der Waals surface area contributed by atoms with Crippen LogP contribution < -0.4 is 4.72 Å². The molecule has 132 valence electrons. The van der Waals surface area contributed by atoms with Crippen molar-refractivity contribution in [3.63, 3.8) is 0 Å². The van der Waals surface area contributed by atoms with Gasteiger partial charge in [0, 0.05) is 11.8 Å². The predicted octanol–water partition coefficient (Wildman–Crippen LogP) is 4.65. The molecule has 0 fully saturated rings. The highest BCUT2D eigenvalue weighted by atomic mass is 32.2. The zero-order chi connectivity index (χ0) is 17.9. The van der Waals surface area contributed by atoms with Crippen LogP contribution in [0.1, 0.15) is 82.9 Å². The zero-order valence-corrected chi connectivity index (χ0v) is 17.1. The molecule has 0 aliphatic rings. The van der Waals surface area contributed by atoms with Crippen LogP contribution >= 0.6 is 12.6 Å². The van der Waals surface area contributed by atoms with Crippen LogP contribution in [-0.4, -0.2) is 20.2 Å². The van der Waals surface area contributed by atoms with Gasteiger partial charge in [0.25, 0.3) is 0 Å². The van der Waals surface area contributed by atoms with Gasteiger partial charge >= 0.3 is 0 Å². The standard InChI is InChI=1S/C18H31NO2S2/c1-11(2)15-8-16(12(3)4)18(17(9-15)13(5)6)23(20,21)19-10-14(7)22/h8-9,11-14,19,22H,10H2,1-7H3. The summed E-state index contributed by atoms with van der Waals surface area (Å²) in [6.07, 6.45) is 0. The van der Waals surface area contributed by atoms with Gasteiger partial charge in [0.05, 0.1) is 4.90 Å². The molecule has 1 N–H and O–H groups in total. The lowest BCUT2D eigenvalue weighted by molar-refractivity contribution is 0.576. The van der Waals surface area contributed by atoms with Gasteiger partial charge in [-0.2, -0.15) is 12.6 Å². The Morgan fingerprint density at radius 1 is 0.913 bits per heavy atom. The van der Waals surface area contributed by atoms with Crippen molar-refractivity contribution in [2.75, 3.05) is 6.54 Å². The molecule has 3 nitrogen and oxygen atoms in total. The average molecular weight is 358 g/mol. The maximum Gasteiger partial charge on any atom is 0.241 e. The van der Waals surface area contributed by atoms with E-state index in [4.69, 9.17) is 0 Å². The smallest absolute Gasteiger partial charge is 0.210 e. The minimum absolute atomic E-state index is 0.0234. The van der Waals surface area contributed by atoms with Crippen LogP contribution in [0.15, 0.2) is 17.0 Å². The van der Waals surface area contributed by atoms with Crippen molar-refractivity contribution in [3.05, 3.63) is 28.8 Å². The Bertz CT molecular complexity index is 603. The molecule has 1 rings (SSSR count). The first-order chi connectivity index (χ1) is 10.5. The molecule has 0 aromatic heterocycles. The van der Waals surface area contributed by atoms with Gasteiger partial charge < -0.3 is 0 Å². The Morgan fingerprint density at radius 3 is 1.65 bits per heavy atom. The fraction of sp³-hybridized carbons (Fsp3) is 0.667. The molecule has 1 unspecified atom stereocenters. The first-order valence-corrected chi connectivity index (χ1v) is 10.3. The third-order valence-corrected chi connectivity index (χ3v) is 5.66. The van der Waals surface area contributed by atoms with Gasteiger partial charge in [0.1, 0.15) is 0 Å². The van der Waals surface area contributed by atoms with E-state index in [0.717, 1.165) is 11.1 Å². The first-order valence-electron chi connectivity index (χ1n) is 8.32. The highest BCUT2D eigenvalue weighted by molar-refractivity contribution is 7.89. The number of hydrogen-bond donors (Lipinski definition) is 2. The fourth-order valence-electron chi connectivity index (χ4n) is 2.50. The highest BCUT2D eigenvalue weighted by Gasteiger charge is 2.26. The van der Waals surface area contributed by atoms with Crippen molar-refractivity contribution in [2.24, 2.45) is 0 Å². The van der Waals surface area contributed by atoms with Crippen LogP contribution in [0.4, 0.5) is 0 Å². The van der Waals surface area contributed by atoms with E-state index in [1.54, 1.807) is 0 Å². The summed E-state index contributed by atoms with van der Waals surface area (Å²) in [6.45, 7) is 14.7. The van der Waals surface area contributed by atoms with E-state index in [0.29, 0.717) is 17.4 Å². The van der Waals surface area contributed by atoms with Crippen molar-refractivity contribution in [1.29, 1.82) is 0 Å². The van der Waals surface area contributed by atoms with E-state index in [9.17, 15) is 8.42 Å². The predicted molar refractivity (Wildman–Crippen MR) is 102 cm³/mol. The number of rotatable bonds is 7. The minimum atomic E-state index is -3.55. The van der Waals surface area contributed by atoms with Crippen molar-refractivity contribution in [2.45, 2.75) is 76.4 Å². The molecule has 0 aliphatic carbocycles. The largest absolute Gasteiger partial charge is 0.241 e. The Morgan fingerprint density at radius 2 is 1.35 bits per heavy atom. The maximum absolute atomic E-state index is 12.9. The summed E-state index contributed by atoms with van der Waals surface area (Å²) in [5, 5.41) is -0.0234. The maximum atomic E-state index is 12.9. The molecule has 0 bridgehead atoms. The number of nitrogens with one attached hydrogen (secondary N) is 1. The van der Waals surface area contributed by atoms with E-state index in [1.165, 1.54) is 5.56 Å². The van der Waals surface area contributed by atoms with E-state index in [-0.39, 0.29) is 17.1 Å². The van der Waals surface area contributed by atoms with Crippen LogP contribution in [-0.2, 0) is 10.0 Å². The molecule has 0 saturated heterocycles. The Balaban J connectivity index is 3.61. The topological polar surface area (TPSA) is 46.2 Å². The van der Waals surface area contributed by atoms with Crippen molar-refractivity contribution in [3.8, 4) is 0 Å². The fourth-order valence-corrected chi connectivity index (χ4v) is 4.54. The van der Waals surface area contributed by atoms with Crippen LogP contribution in [0.25, 0.3) is 0 Å². The van der Waals surface area contributed by atoms with Gasteiger partial charge in [-0.25, -0.2) is 13.1 Å². The molecule has 0 saturated carbocycles. The number of hydrogen-bond acceptors (Lipinski definition) is 3. The summed E-state index contributed by atoms with van der Waals surface area (Å²) in [4.78, 5) is 0.459. The molecule has 1 atom stereocenters. The van der Waals surface area contributed by atoms with Crippen molar-refractivity contribution < 1.29 is 8.42 Å². The molecular formula is C18H31NO2S2. The molecule has 0 aliphatic heterocycles. The number of thiol groups is 1. The van der Waals surface area contributed by atoms with Crippen LogP contribution in [0.5, 0.6) is 0 Å². The number of sulfonamides is 1. The second-order valence-electron chi connectivity index (χ2n) is 7.19. The molecule has 1 aromatic rings. The quantitative estimate of drug-likeness (QED) is 0.698. The molecule has 0 radical (unpaired) electrons. The lowest BCUT2D eigenvalue weighted by Gasteiger charge is -2.23. The third-order valence-electron chi connectivity index (χ3n) is 3.92. The summed E-state index contributed by atoms with van der Waals surface area (Å²) in [5.74, 6) is 0.657. The number of benzene rings is 1. The average Bonchev–Trinajstić information content (AvgIpc) is 2.43. The van der Waals surface area contributed by atoms with E-state index < -0.39 is 10.0 Å². The van der Waals surface area contributed by atoms with Gasteiger partial charge in [-0.05, 0) is 34.4 Å². The van der Waals surface area contributed by atoms with Gasteiger partial charge in [0.2, 0.25) is 10.0 Å². The Hall–Kier alpha value is -0.520. The minimum Gasteiger partial charge on any atom is -0.210 e. The normalized spacial score (nSPS) is 14.0. The molecular weight excluding hydrogens is 326 g/mol. The zero-order valence-electron chi connectivity index (χ0n) is 15.3. The summed E-state index contributed by atoms with van der Waals surface area (Å²) < 4.78 is 28.6. The lowest BCUT2D eigenvalue weighted by Crippen LogP contribution is -2.30. The molecule has 5 heteroatoms. The van der Waals surface area contributed by atoms with Crippen LogP contribution in [0.3, 0.4) is 0 Å². The van der Waals surface area contributed by atoms with E-state index >= 15 is 0 Å². The Kier molecular flexibility index (Phi) is 7.17. The summed E-state index contributed by atoms with van der Waals surface area (Å²) >= 11 is 4.27. The molecule has 0 amide bonds. The Labute approximate surface area is 147 Å². The summed E-state index contributed by atoms with van der Waals surface area (Å²) in [5.41, 5.74) is 3.00. The van der Waals surface area contributed by atoms with Gasteiger partial charge in [0.15, 0.2) is 0 Å². The molecule has 1 aromatic carbocycles.